The van der Waals surface area contributed by atoms with Gasteiger partial charge in [-0.15, -0.1) is 0 Å². The molecule has 0 radical (unpaired) electrons. The largest absolute Gasteiger partial charge is 0.462 e. The van der Waals surface area contributed by atoms with Crippen LogP contribution in [0.1, 0.15) is 28.4 Å². The Morgan fingerprint density at radius 1 is 1.21 bits per heavy atom. The molecule has 0 aliphatic carbocycles. The third-order valence-electron chi connectivity index (χ3n) is 3.32. The summed E-state index contributed by atoms with van der Waals surface area (Å²) in [5, 5.41) is 0.389. The monoisotopic (exact) mass is 367 g/mol. The summed E-state index contributed by atoms with van der Waals surface area (Å²) in [6.45, 7) is 3.71. The van der Waals surface area contributed by atoms with Gasteiger partial charge >= 0.3 is 5.97 Å². The number of sulfonamides is 1. The molecule has 2 aromatic carbocycles. The van der Waals surface area contributed by atoms with Crippen LogP contribution in [0.15, 0.2) is 42.5 Å². The maximum Gasteiger partial charge on any atom is 0.338 e. The first-order chi connectivity index (χ1) is 11.3. The van der Waals surface area contributed by atoms with E-state index in [1.807, 2.05) is 0 Å². The molecule has 128 valence electrons. The summed E-state index contributed by atoms with van der Waals surface area (Å²) in [5.74, 6) is -0.750. The van der Waals surface area contributed by atoms with E-state index >= 15 is 0 Å². The molecule has 0 atom stereocenters. The van der Waals surface area contributed by atoms with Crippen molar-refractivity contribution in [1.82, 2.24) is 0 Å². The van der Waals surface area contributed by atoms with Crippen molar-refractivity contribution in [2.24, 2.45) is 0 Å². The van der Waals surface area contributed by atoms with Crippen LogP contribution < -0.4 is 4.72 Å². The van der Waals surface area contributed by atoms with Crippen molar-refractivity contribution >= 4 is 33.3 Å². The topological polar surface area (TPSA) is 72.5 Å². The van der Waals surface area contributed by atoms with Gasteiger partial charge in [0.1, 0.15) is 0 Å². The van der Waals surface area contributed by atoms with Crippen LogP contribution in [0.4, 0.5) is 5.69 Å². The molecule has 0 saturated carbocycles. The number of hydrogen-bond acceptors (Lipinski definition) is 4. The summed E-state index contributed by atoms with van der Waals surface area (Å²) in [6, 6.07) is 11.5. The van der Waals surface area contributed by atoms with Crippen LogP contribution in [0.25, 0.3) is 0 Å². The molecule has 7 heteroatoms. The molecule has 0 aliphatic heterocycles. The average molecular weight is 368 g/mol. The number of benzene rings is 2. The van der Waals surface area contributed by atoms with Crippen LogP contribution >= 0.6 is 11.6 Å². The van der Waals surface area contributed by atoms with E-state index in [9.17, 15) is 13.2 Å². The van der Waals surface area contributed by atoms with E-state index in [0.717, 1.165) is 0 Å². The molecule has 24 heavy (non-hydrogen) atoms. The number of anilines is 1. The fourth-order valence-corrected chi connectivity index (χ4v) is 3.67. The fraction of sp³-hybridized carbons (Fsp3) is 0.235. The smallest absolute Gasteiger partial charge is 0.338 e. The van der Waals surface area contributed by atoms with Gasteiger partial charge in [0.15, 0.2) is 0 Å². The van der Waals surface area contributed by atoms with Crippen molar-refractivity contribution in [3.8, 4) is 0 Å². The van der Waals surface area contributed by atoms with E-state index < -0.39 is 16.0 Å². The number of halogens is 1. The molecule has 0 aromatic heterocycles. The number of carbonyl (C=O) groups is 1. The van der Waals surface area contributed by atoms with Crippen LogP contribution in [0.3, 0.4) is 0 Å². The van der Waals surface area contributed by atoms with Gasteiger partial charge in [0.25, 0.3) is 0 Å². The number of ether oxygens (including phenoxy) is 1. The van der Waals surface area contributed by atoms with Gasteiger partial charge < -0.3 is 4.74 Å². The molecule has 0 spiro atoms. The Labute approximate surface area is 146 Å². The second-order valence-corrected chi connectivity index (χ2v) is 7.33. The van der Waals surface area contributed by atoms with Gasteiger partial charge in [0.05, 0.1) is 23.6 Å². The summed E-state index contributed by atoms with van der Waals surface area (Å²) in [7, 11) is -3.67. The third-order valence-corrected chi connectivity index (χ3v) is 4.91. The van der Waals surface area contributed by atoms with Crippen molar-refractivity contribution in [2.75, 3.05) is 11.3 Å². The standard InChI is InChI=1S/C17H18ClNO4S/c1-3-23-17(20)13-9-8-12(2)16(10-13)19-24(21,22)11-14-6-4-5-7-15(14)18/h4-10,19H,3,11H2,1-2H3. The number of aryl methyl sites for hydroxylation is 1. The molecule has 0 amide bonds. The lowest BCUT2D eigenvalue weighted by Crippen LogP contribution is -2.16. The Balaban J connectivity index is 2.24. The summed E-state index contributed by atoms with van der Waals surface area (Å²) < 4.78 is 32.2. The Kier molecular flexibility index (Phi) is 5.85. The number of nitrogens with one attached hydrogen (secondary N) is 1. The Morgan fingerprint density at radius 3 is 2.58 bits per heavy atom. The lowest BCUT2D eigenvalue weighted by Gasteiger charge is -2.12. The first-order valence-electron chi connectivity index (χ1n) is 7.34. The Hall–Kier alpha value is -2.05. The van der Waals surface area contributed by atoms with Crippen LogP contribution in [-0.4, -0.2) is 21.0 Å². The van der Waals surface area contributed by atoms with Crippen molar-refractivity contribution in [1.29, 1.82) is 0 Å². The zero-order chi connectivity index (χ0) is 17.7. The van der Waals surface area contributed by atoms with E-state index in [1.54, 1.807) is 50.2 Å². The van der Waals surface area contributed by atoms with Gasteiger partial charge in [0, 0.05) is 5.02 Å². The van der Waals surface area contributed by atoms with E-state index in [4.69, 9.17) is 16.3 Å². The highest BCUT2D eigenvalue weighted by Crippen LogP contribution is 2.22. The van der Waals surface area contributed by atoms with E-state index in [-0.39, 0.29) is 17.9 Å². The summed E-state index contributed by atoms with van der Waals surface area (Å²) in [6.07, 6.45) is 0. The quantitative estimate of drug-likeness (QED) is 0.789. The Bertz CT molecular complexity index is 849. The van der Waals surface area contributed by atoms with Crippen LogP contribution in [-0.2, 0) is 20.5 Å². The minimum Gasteiger partial charge on any atom is -0.462 e. The highest BCUT2D eigenvalue weighted by Gasteiger charge is 2.16. The summed E-state index contributed by atoms with van der Waals surface area (Å²) in [4.78, 5) is 11.8. The maximum absolute atomic E-state index is 12.4. The van der Waals surface area contributed by atoms with Crippen molar-refractivity contribution in [3.63, 3.8) is 0 Å². The molecule has 0 saturated heterocycles. The first kappa shape index (κ1) is 18.3. The predicted octanol–water partition coefficient (Wildman–Crippen LogP) is 3.77. The molecular weight excluding hydrogens is 350 g/mol. The number of esters is 1. The van der Waals surface area contributed by atoms with Crippen molar-refractivity contribution < 1.29 is 17.9 Å². The molecule has 0 fully saturated rings. The van der Waals surface area contributed by atoms with E-state index in [0.29, 0.717) is 21.8 Å². The fourth-order valence-electron chi connectivity index (χ4n) is 2.10. The first-order valence-corrected chi connectivity index (χ1v) is 9.37. The van der Waals surface area contributed by atoms with Crippen molar-refractivity contribution in [2.45, 2.75) is 19.6 Å². The number of rotatable bonds is 6. The zero-order valence-corrected chi connectivity index (χ0v) is 14.9. The van der Waals surface area contributed by atoms with E-state index in [1.165, 1.54) is 6.07 Å². The molecular formula is C17H18ClNO4S. The molecule has 1 N–H and O–H groups in total. The molecule has 0 heterocycles. The summed E-state index contributed by atoms with van der Waals surface area (Å²) in [5.41, 5.74) is 1.84. The normalized spacial score (nSPS) is 11.1. The highest BCUT2D eigenvalue weighted by atomic mass is 35.5. The molecule has 0 aliphatic rings. The highest BCUT2D eigenvalue weighted by molar-refractivity contribution is 7.91. The van der Waals surface area contributed by atoms with Gasteiger partial charge in [-0.2, -0.15) is 0 Å². The minimum absolute atomic E-state index is 0.250. The SMILES string of the molecule is CCOC(=O)c1ccc(C)c(NS(=O)(=O)Cc2ccccc2Cl)c1. The zero-order valence-electron chi connectivity index (χ0n) is 13.4. The average Bonchev–Trinajstić information content (AvgIpc) is 2.51. The van der Waals surface area contributed by atoms with Gasteiger partial charge in [-0.1, -0.05) is 35.9 Å². The molecule has 5 nitrogen and oxygen atoms in total. The second kappa shape index (κ2) is 7.68. The predicted molar refractivity (Wildman–Crippen MR) is 94.8 cm³/mol. The maximum atomic E-state index is 12.4. The van der Waals surface area contributed by atoms with Gasteiger partial charge in [-0.3, -0.25) is 4.72 Å². The van der Waals surface area contributed by atoms with Gasteiger partial charge in [-0.25, -0.2) is 13.2 Å². The van der Waals surface area contributed by atoms with Gasteiger partial charge in [-0.05, 0) is 43.2 Å². The molecule has 0 bridgehead atoms. The number of carbonyl (C=O) groups excluding carboxylic acids is 1. The van der Waals surface area contributed by atoms with E-state index in [2.05, 4.69) is 4.72 Å². The van der Waals surface area contributed by atoms with Crippen LogP contribution in [0.2, 0.25) is 5.02 Å². The summed E-state index contributed by atoms with van der Waals surface area (Å²) >= 11 is 6.01. The second-order valence-electron chi connectivity index (χ2n) is 5.20. The Morgan fingerprint density at radius 2 is 1.92 bits per heavy atom. The van der Waals surface area contributed by atoms with Crippen molar-refractivity contribution in [3.05, 3.63) is 64.2 Å². The molecule has 0 unspecified atom stereocenters. The molecule has 2 rings (SSSR count). The molecule has 2 aromatic rings. The number of hydrogen-bond donors (Lipinski definition) is 1. The van der Waals surface area contributed by atoms with Crippen LogP contribution in [0, 0.1) is 6.92 Å². The third kappa shape index (κ3) is 4.72. The lowest BCUT2D eigenvalue weighted by atomic mass is 10.1. The minimum atomic E-state index is -3.67. The van der Waals surface area contributed by atoms with Crippen LogP contribution in [0.5, 0.6) is 0 Å². The van der Waals surface area contributed by atoms with Gasteiger partial charge in [0.2, 0.25) is 10.0 Å². The lowest BCUT2D eigenvalue weighted by molar-refractivity contribution is 0.0526.